The van der Waals surface area contributed by atoms with Crippen molar-refractivity contribution in [2.45, 2.75) is 13.8 Å². The summed E-state index contributed by atoms with van der Waals surface area (Å²) in [5.41, 5.74) is -0.290. The van der Waals surface area contributed by atoms with Gasteiger partial charge in [-0.15, -0.1) is 11.3 Å². The van der Waals surface area contributed by atoms with Crippen LogP contribution in [0.5, 0.6) is 11.5 Å². The molecule has 2 amide bonds. The van der Waals surface area contributed by atoms with Crippen molar-refractivity contribution in [2.24, 2.45) is 0 Å². The number of fused-ring (bicyclic) bond motifs is 1. The molecule has 0 fully saturated rings. The number of nitrogens with one attached hydrogen (secondary N) is 1. The lowest BCUT2D eigenvalue weighted by Crippen LogP contribution is -2.30. The van der Waals surface area contributed by atoms with E-state index >= 15 is 0 Å². The summed E-state index contributed by atoms with van der Waals surface area (Å²) >= 11 is 1.17. The van der Waals surface area contributed by atoms with E-state index in [-0.39, 0.29) is 34.9 Å². The predicted molar refractivity (Wildman–Crippen MR) is 112 cm³/mol. The van der Waals surface area contributed by atoms with Crippen molar-refractivity contribution in [1.82, 2.24) is 0 Å². The van der Waals surface area contributed by atoms with Crippen LogP contribution in [0.25, 0.3) is 10.3 Å². The molecule has 0 atom stereocenters. The second-order valence-corrected chi connectivity index (χ2v) is 7.26. The van der Waals surface area contributed by atoms with Gasteiger partial charge in [-0.25, -0.2) is 14.0 Å². The van der Waals surface area contributed by atoms with Gasteiger partial charge in [-0.05, 0) is 32.0 Å². The second-order valence-electron chi connectivity index (χ2n) is 6.20. The number of methoxy groups -OCH3 is 1. The molecule has 0 radical (unpaired) electrons. The van der Waals surface area contributed by atoms with Crippen LogP contribution in [0.2, 0.25) is 0 Å². The minimum absolute atomic E-state index is 0.0532. The van der Waals surface area contributed by atoms with E-state index in [1.807, 2.05) is 0 Å². The highest BCUT2D eigenvalue weighted by Crippen LogP contribution is 2.38. The number of urea groups is 1. The Labute approximate surface area is 174 Å². The number of amides is 2. The Bertz CT molecular complexity index is 1190. The topological polar surface area (TPSA) is 98.1 Å². The molecule has 3 rings (SSSR count). The molecule has 0 spiro atoms. The standard InChI is InChI=1S/C20H19FN2O6S/c1-5-28-17-12(21)6-7-13(18(17)27-4)22-20(26)23(3)16-9-14-15(30-16)8-11(10(2)24)19(25)29-14/h6-9H,5H2,1-4H3,(H,22,26). The molecule has 2 heterocycles. The lowest BCUT2D eigenvalue weighted by atomic mass is 10.2. The SMILES string of the molecule is CCOc1c(F)ccc(NC(=O)N(C)c2cc3oc(=O)c(C(C)=O)cc3s2)c1OC. The molecule has 8 nitrogen and oxygen atoms in total. The molecule has 30 heavy (non-hydrogen) atoms. The Balaban J connectivity index is 1.90. The van der Waals surface area contributed by atoms with Crippen molar-refractivity contribution < 1.29 is 27.9 Å². The normalized spacial score (nSPS) is 10.7. The Morgan fingerprint density at radius 3 is 2.63 bits per heavy atom. The Morgan fingerprint density at radius 1 is 1.27 bits per heavy atom. The van der Waals surface area contributed by atoms with Gasteiger partial charge in [0.15, 0.2) is 28.7 Å². The maximum Gasteiger partial charge on any atom is 0.347 e. The van der Waals surface area contributed by atoms with E-state index < -0.39 is 23.3 Å². The average molecular weight is 434 g/mol. The molecular formula is C20H19FN2O6S. The third-order valence-electron chi connectivity index (χ3n) is 4.22. The molecule has 0 bridgehead atoms. The first-order valence-corrected chi connectivity index (χ1v) is 9.71. The zero-order chi connectivity index (χ0) is 22.0. The third-order valence-corrected chi connectivity index (χ3v) is 5.36. The summed E-state index contributed by atoms with van der Waals surface area (Å²) < 4.78 is 30.2. The summed E-state index contributed by atoms with van der Waals surface area (Å²) in [5, 5.41) is 3.12. The van der Waals surface area contributed by atoms with Crippen molar-refractivity contribution in [2.75, 3.05) is 31.0 Å². The number of hydrogen-bond acceptors (Lipinski definition) is 7. The van der Waals surface area contributed by atoms with E-state index in [0.717, 1.165) is 0 Å². The van der Waals surface area contributed by atoms with Gasteiger partial charge in [0.1, 0.15) is 10.6 Å². The number of hydrogen-bond donors (Lipinski definition) is 1. The van der Waals surface area contributed by atoms with E-state index in [1.54, 1.807) is 6.92 Å². The molecule has 3 aromatic rings. The van der Waals surface area contributed by atoms with Gasteiger partial charge in [0, 0.05) is 13.1 Å². The summed E-state index contributed by atoms with van der Waals surface area (Å²) in [7, 11) is 2.86. The van der Waals surface area contributed by atoms with E-state index in [1.165, 1.54) is 61.6 Å². The summed E-state index contributed by atoms with van der Waals surface area (Å²) in [6, 6.07) is 4.97. The number of anilines is 2. The molecule has 1 aromatic carbocycles. The van der Waals surface area contributed by atoms with Crippen LogP contribution in [0.4, 0.5) is 19.9 Å². The molecule has 0 saturated carbocycles. The molecule has 0 aliphatic heterocycles. The van der Waals surface area contributed by atoms with Gasteiger partial charge >= 0.3 is 11.7 Å². The van der Waals surface area contributed by atoms with Crippen LogP contribution in [-0.4, -0.2) is 32.6 Å². The number of Topliss-reactive ketones (excluding diaryl/α,β-unsaturated/α-hetero) is 1. The molecule has 158 valence electrons. The van der Waals surface area contributed by atoms with Gasteiger partial charge in [-0.1, -0.05) is 0 Å². The largest absolute Gasteiger partial charge is 0.491 e. The zero-order valence-corrected chi connectivity index (χ0v) is 17.5. The van der Waals surface area contributed by atoms with Crippen LogP contribution in [0.3, 0.4) is 0 Å². The minimum Gasteiger partial charge on any atom is -0.491 e. The fraction of sp³-hybridized carbons (Fsp3) is 0.250. The van der Waals surface area contributed by atoms with Gasteiger partial charge in [-0.3, -0.25) is 9.69 Å². The first-order valence-electron chi connectivity index (χ1n) is 8.89. The summed E-state index contributed by atoms with van der Waals surface area (Å²) in [5.74, 6) is -1.05. The number of benzene rings is 1. The predicted octanol–water partition coefficient (Wildman–Crippen LogP) is 4.27. The van der Waals surface area contributed by atoms with E-state index in [9.17, 15) is 18.8 Å². The van der Waals surface area contributed by atoms with Gasteiger partial charge in [0.25, 0.3) is 0 Å². The smallest absolute Gasteiger partial charge is 0.347 e. The number of ether oxygens (including phenoxy) is 2. The number of nitrogens with zero attached hydrogens (tertiary/aromatic N) is 1. The highest BCUT2D eigenvalue weighted by atomic mass is 32.1. The van der Waals surface area contributed by atoms with E-state index in [2.05, 4.69) is 5.32 Å². The maximum atomic E-state index is 14.0. The minimum atomic E-state index is -0.731. The lowest BCUT2D eigenvalue weighted by molar-refractivity contribution is 0.101. The number of halogens is 1. The van der Waals surface area contributed by atoms with Gasteiger partial charge in [-0.2, -0.15) is 0 Å². The maximum absolute atomic E-state index is 14.0. The third kappa shape index (κ3) is 3.99. The number of carbonyl (C=O) groups excluding carboxylic acids is 2. The highest BCUT2D eigenvalue weighted by molar-refractivity contribution is 7.22. The monoisotopic (exact) mass is 434 g/mol. The number of ketones is 1. The van der Waals surface area contributed by atoms with Gasteiger partial charge in [0.05, 0.1) is 24.1 Å². The summed E-state index contributed by atoms with van der Waals surface area (Å²) in [4.78, 5) is 37.5. The number of rotatable bonds is 6. The number of carbonyl (C=O) groups is 2. The van der Waals surface area contributed by atoms with E-state index in [4.69, 9.17) is 13.9 Å². The van der Waals surface area contributed by atoms with Crippen molar-refractivity contribution in [1.29, 1.82) is 0 Å². The van der Waals surface area contributed by atoms with Crippen LogP contribution in [-0.2, 0) is 0 Å². The lowest BCUT2D eigenvalue weighted by Gasteiger charge is -2.19. The van der Waals surface area contributed by atoms with Crippen LogP contribution in [0, 0.1) is 5.82 Å². The molecule has 0 aliphatic carbocycles. The van der Waals surface area contributed by atoms with Crippen molar-refractivity contribution in [3.63, 3.8) is 0 Å². The molecule has 2 aromatic heterocycles. The molecule has 0 aliphatic rings. The van der Waals surface area contributed by atoms with Crippen LogP contribution >= 0.6 is 11.3 Å². The first-order chi connectivity index (χ1) is 14.3. The van der Waals surface area contributed by atoms with Crippen molar-refractivity contribution in [3.8, 4) is 11.5 Å². The molecule has 0 unspecified atom stereocenters. The fourth-order valence-electron chi connectivity index (χ4n) is 2.73. The van der Waals surface area contributed by atoms with Gasteiger partial charge in [0.2, 0.25) is 0 Å². The van der Waals surface area contributed by atoms with E-state index in [0.29, 0.717) is 9.70 Å². The second kappa shape index (κ2) is 8.54. The Hall–Kier alpha value is -3.40. The molecule has 0 saturated heterocycles. The zero-order valence-electron chi connectivity index (χ0n) is 16.7. The fourth-order valence-corrected chi connectivity index (χ4v) is 3.72. The first kappa shape index (κ1) is 21.3. The molecular weight excluding hydrogens is 415 g/mol. The Kier molecular flexibility index (Phi) is 6.06. The number of thiophene rings is 1. The average Bonchev–Trinajstić information content (AvgIpc) is 3.12. The Morgan fingerprint density at radius 2 is 2.00 bits per heavy atom. The van der Waals surface area contributed by atoms with Crippen LogP contribution in [0.15, 0.2) is 33.5 Å². The quantitative estimate of drug-likeness (QED) is 0.582. The van der Waals surface area contributed by atoms with Gasteiger partial charge < -0.3 is 19.2 Å². The molecule has 1 N–H and O–H groups in total. The van der Waals surface area contributed by atoms with Crippen molar-refractivity contribution >= 4 is 44.1 Å². The summed E-state index contributed by atoms with van der Waals surface area (Å²) in [6.45, 7) is 3.20. The summed E-state index contributed by atoms with van der Waals surface area (Å²) in [6.07, 6.45) is 0. The highest BCUT2D eigenvalue weighted by Gasteiger charge is 2.21. The molecule has 10 heteroatoms. The van der Waals surface area contributed by atoms with Crippen LogP contribution < -0.4 is 25.3 Å². The van der Waals surface area contributed by atoms with Crippen LogP contribution in [0.1, 0.15) is 24.2 Å². The van der Waals surface area contributed by atoms with Crippen molar-refractivity contribution in [3.05, 3.63) is 46.1 Å².